The maximum absolute atomic E-state index is 12.6. The number of fused-ring (bicyclic) bond motifs is 1. The van der Waals surface area contributed by atoms with Crippen LogP contribution in [0.15, 0.2) is 35.6 Å². The van der Waals surface area contributed by atoms with Crippen LogP contribution in [-0.4, -0.2) is 31.3 Å². The third-order valence-corrected chi connectivity index (χ3v) is 5.71. The molecule has 2 saturated carbocycles. The molecule has 0 aliphatic heterocycles. The Morgan fingerprint density at radius 1 is 1.21 bits per heavy atom. The number of para-hydroxylation sites is 1. The van der Waals surface area contributed by atoms with E-state index in [4.69, 9.17) is 0 Å². The van der Waals surface area contributed by atoms with Crippen LogP contribution < -0.4 is 0 Å². The van der Waals surface area contributed by atoms with Gasteiger partial charge in [-0.1, -0.05) is 30.0 Å². The topological polar surface area (TPSA) is 63.6 Å². The molecule has 2 fully saturated rings. The van der Waals surface area contributed by atoms with Gasteiger partial charge in [0.05, 0.1) is 5.75 Å². The quantitative estimate of drug-likeness (QED) is 0.546. The SMILES string of the molecule is O=C(CSc1nnc(C2CC2)n1C1CC1)c1c[nH]c2ccccc12. The average molecular weight is 338 g/mol. The summed E-state index contributed by atoms with van der Waals surface area (Å²) in [4.78, 5) is 15.8. The summed E-state index contributed by atoms with van der Waals surface area (Å²) in [5.41, 5.74) is 1.76. The molecule has 2 aromatic heterocycles. The predicted molar refractivity (Wildman–Crippen MR) is 93.6 cm³/mol. The number of nitrogens with zero attached hydrogens (tertiary/aromatic N) is 3. The maximum atomic E-state index is 12.6. The minimum atomic E-state index is 0.135. The smallest absolute Gasteiger partial charge is 0.191 e. The Balaban J connectivity index is 1.37. The third-order valence-electron chi connectivity index (χ3n) is 4.77. The number of thioether (sulfide) groups is 1. The van der Waals surface area contributed by atoms with Gasteiger partial charge in [0.25, 0.3) is 0 Å². The number of carbonyl (C=O) groups is 1. The van der Waals surface area contributed by atoms with E-state index in [0.717, 1.165) is 27.4 Å². The van der Waals surface area contributed by atoms with Crippen molar-refractivity contribution in [1.29, 1.82) is 0 Å². The first-order chi connectivity index (χ1) is 11.8. The molecule has 0 saturated heterocycles. The number of benzene rings is 1. The summed E-state index contributed by atoms with van der Waals surface area (Å²) in [7, 11) is 0. The number of rotatable bonds is 6. The van der Waals surface area contributed by atoms with Gasteiger partial charge in [0.1, 0.15) is 5.82 Å². The molecular weight excluding hydrogens is 320 g/mol. The Kier molecular flexibility index (Phi) is 3.26. The summed E-state index contributed by atoms with van der Waals surface area (Å²) in [6, 6.07) is 8.47. The molecule has 2 aliphatic carbocycles. The van der Waals surface area contributed by atoms with Crippen LogP contribution in [0.25, 0.3) is 10.9 Å². The number of aromatic nitrogens is 4. The van der Waals surface area contributed by atoms with Crippen molar-refractivity contribution in [2.24, 2.45) is 0 Å². The van der Waals surface area contributed by atoms with Gasteiger partial charge in [-0.15, -0.1) is 10.2 Å². The highest BCUT2D eigenvalue weighted by molar-refractivity contribution is 7.99. The summed E-state index contributed by atoms with van der Waals surface area (Å²) in [6.07, 6.45) is 6.69. The number of nitrogens with one attached hydrogen (secondary N) is 1. The second-order valence-corrected chi connectivity index (χ2v) is 7.62. The van der Waals surface area contributed by atoms with E-state index >= 15 is 0 Å². The molecule has 0 amide bonds. The highest BCUT2D eigenvalue weighted by atomic mass is 32.2. The normalized spacial score (nSPS) is 17.5. The minimum Gasteiger partial charge on any atom is -0.360 e. The summed E-state index contributed by atoms with van der Waals surface area (Å²) in [5.74, 6) is 2.27. The average Bonchev–Trinajstić information content (AvgIpc) is 3.54. The molecule has 0 bridgehead atoms. The van der Waals surface area contributed by atoms with Crippen LogP contribution in [0.2, 0.25) is 0 Å². The fourth-order valence-electron chi connectivity index (χ4n) is 3.19. The summed E-state index contributed by atoms with van der Waals surface area (Å²) in [6.45, 7) is 0. The Bertz CT molecular complexity index is 920. The fourth-order valence-corrected chi connectivity index (χ4v) is 4.09. The molecule has 1 aromatic carbocycles. The van der Waals surface area contributed by atoms with Gasteiger partial charge in [-0.05, 0) is 31.7 Å². The van der Waals surface area contributed by atoms with Crippen molar-refractivity contribution in [3.8, 4) is 0 Å². The van der Waals surface area contributed by atoms with Crippen molar-refractivity contribution in [1.82, 2.24) is 19.7 Å². The molecule has 24 heavy (non-hydrogen) atoms. The highest BCUT2D eigenvalue weighted by Gasteiger charge is 2.36. The van der Waals surface area contributed by atoms with Crippen LogP contribution in [0.4, 0.5) is 0 Å². The van der Waals surface area contributed by atoms with Gasteiger partial charge in [-0.3, -0.25) is 4.79 Å². The van der Waals surface area contributed by atoms with E-state index < -0.39 is 0 Å². The van der Waals surface area contributed by atoms with E-state index in [-0.39, 0.29) is 5.78 Å². The molecule has 5 nitrogen and oxygen atoms in total. The van der Waals surface area contributed by atoms with Gasteiger partial charge in [0.15, 0.2) is 10.9 Å². The molecular formula is C18H18N4OS. The van der Waals surface area contributed by atoms with Crippen molar-refractivity contribution in [3.05, 3.63) is 41.9 Å². The van der Waals surface area contributed by atoms with E-state index in [2.05, 4.69) is 19.7 Å². The summed E-state index contributed by atoms with van der Waals surface area (Å²) >= 11 is 1.52. The first kappa shape index (κ1) is 14.3. The number of carbonyl (C=O) groups excluding carboxylic acids is 1. The number of ketones is 1. The van der Waals surface area contributed by atoms with Gasteiger partial charge < -0.3 is 9.55 Å². The van der Waals surface area contributed by atoms with Gasteiger partial charge in [-0.25, -0.2) is 0 Å². The zero-order valence-electron chi connectivity index (χ0n) is 13.2. The monoisotopic (exact) mass is 338 g/mol. The van der Waals surface area contributed by atoms with Gasteiger partial charge in [0.2, 0.25) is 0 Å². The lowest BCUT2D eigenvalue weighted by Gasteiger charge is -2.07. The molecule has 1 N–H and O–H groups in total. The zero-order valence-corrected chi connectivity index (χ0v) is 14.1. The van der Waals surface area contributed by atoms with Crippen molar-refractivity contribution in [3.63, 3.8) is 0 Å². The highest BCUT2D eigenvalue weighted by Crippen LogP contribution is 2.46. The van der Waals surface area contributed by atoms with Crippen molar-refractivity contribution in [2.75, 3.05) is 5.75 Å². The molecule has 2 aliphatic rings. The van der Waals surface area contributed by atoms with E-state index in [1.165, 1.54) is 37.4 Å². The molecule has 3 aromatic rings. The first-order valence-corrected chi connectivity index (χ1v) is 9.47. The Hall–Kier alpha value is -2.08. The number of hydrogen-bond donors (Lipinski definition) is 1. The van der Waals surface area contributed by atoms with Crippen molar-refractivity contribution < 1.29 is 4.79 Å². The molecule has 2 heterocycles. The first-order valence-electron chi connectivity index (χ1n) is 8.48. The zero-order chi connectivity index (χ0) is 16.1. The van der Waals surface area contributed by atoms with Crippen LogP contribution in [0.1, 0.15) is 53.8 Å². The van der Waals surface area contributed by atoms with Crippen LogP contribution in [-0.2, 0) is 0 Å². The Morgan fingerprint density at radius 3 is 2.83 bits per heavy atom. The number of Topliss-reactive ketones (excluding diaryl/α,β-unsaturated/α-hetero) is 1. The Labute approximate surface area is 143 Å². The van der Waals surface area contributed by atoms with Crippen LogP contribution in [0.3, 0.4) is 0 Å². The lowest BCUT2D eigenvalue weighted by molar-refractivity contribution is 0.102. The lowest BCUT2D eigenvalue weighted by Crippen LogP contribution is -2.05. The summed E-state index contributed by atoms with van der Waals surface area (Å²) < 4.78 is 2.30. The summed E-state index contributed by atoms with van der Waals surface area (Å²) in [5, 5.41) is 10.7. The van der Waals surface area contributed by atoms with Crippen molar-refractivity contribution in [2.45, 2.75) is 42.8 Å². The van der Waals surface area contributed by atoms with E-state index in [9.17, 15) is 4.79 Å². The molecule has 6 heteroatoms. The van der Waals surface area contributed by atoms with E-state index in [0.29, 0.717) is 17.7 Å². The van der Waals surface area contributed by atoms with Gasteiger partial charge in [-0.2, -0.15) is 0 Å². The molecule has 0 radical (unpaired) electrons. The standard InChI is InChI=1S/C18H18N4OS/c23-16(14-9-19-15-4-2-1-3-13(14)15)10-24-18-21-20-17(11-5-6-11)22(18)12-7-8-12/h1-4,9,11-12,19H,5-8,10H2. The molecule has 0 spiro atoms. The number of aromatic amines is 1. The molecule has 0 atom stereocenters. The molecule has 5 rings (SSSR count). The molecule has 122 valence electrons. The van der Waals surface area contributed by atoms with Crippen LogP contribution in [0.5, 0.6) is 0 Å². The predicted octanol–water partition coefficient (Wildman–Crippen LogP) is 3.95. The second kappa shape index (κ2) is 5.48. The number of hydrogen-bond acceptors (Lipinski definition) is 4. The van der Waals surface area contributed by atoms with E-state index in [1.807, 2.05) is 30.5 Å². The number of H-pyrrole nitrogens is 1. The maximum Gasteiger partial charge on any atom is 0.191 e. The van der Waals surface area contributed by atoms with Gasteiger partial charge in [0, 0.05) is 34.6 Å². The fraction of sp³-hybridized carbons (Fsp3) is 0.389. The van der Waals surface area contributed by atoms with Crippen LogP contribution >= 0.6 is 11.8 Å². The molecule has 0 unspecified atom stereocenters. The van der Waals surface area contributed by atoms with Crippen LogP contribution in [0, 0.1) is 0 Å². The third kappa shape index (κ3) is 2.45. The Morgan fingerprint density at radius 2 is 2.04 bits per heavy atom. The van der Waals surface area contributed by atoms with E-state index in [1.54, 1.807) is 0 Å². The lowest BCUT2D eigenvalue weighted by atomic mass is 10.1. The minimum absolute atomic E-state index is 0.135. The largest absolute Gasteiger partial charge is 0.360 e. The second-order valence-electron chi connectivity index (χ2n) is 6.68. The van der Waals surface area contributed by atoms with Crippen molar-refractivity contribution >= 4 is 28.4 Å². The van der Waals surface area contributed by atoms with Gasteiger partial charge >= 0.3 is 0 Å².